The van der Waals surface area contributed by atoms with Gasteiger partial charge in [-0.3, -0.25) is 9.79 Å². The number of nitrogens with one attached hydrogen (secondary N) is 1. The number of rotatable bonds is 4. The molecule has 0 saturated carbocycles. The molecule has 0 radical (unpaired) electrons. The average Bonchev–Trinajstić information content (AvgIpc) is 3.25. The van der Waals surface area contributed by atoms with Crippen LogP contribution < -0.4 is 5.32 Å². The zero-order valence-electron chi connectivity index (χ0n) is 12.4. The van der Waals surface area contributed by atoms with Crippen molar-refractivity contribution in [3.63, 3.8) is 0 Å². The van der Waals surface area contributed by atoms with Gasteiger partial charge in [0.05, 0.1) is 18.7 Å². The van der Waals surface area contributed by atoms with Gasteiger partial charge in [0, 0.05) is 22.5 Å². The summed E-state index contributed by atoms with van der Waals surface area (Å²) in [5, 5.41) is 8.17. The van der Waals surface area contributed by atoms with Crippen molar-refractivity contribution in [2.24, 2.45) is 4.99 Å². The molecule has 1 aromatic carbocycles. The Morgan fingerprint density at radius 2 is 2.13 bits per heavy atom. The second-order valence-corrected chi connectivity index (χ2v) is 7.19. The Bertz CT molecular complexity index is 779. The first-order valence-corrected chi connectivity index (χ1v) is 9.17. The van der Waals surface area contributed by atoms with Crippen molar-refractivity contribution in [1.29, 1.82) is 0 Å². The van der Waals surface area contributed by atoms with E-state index < -0.39 is 0 Å². The van der Waals surface area contributed by atoms with Crippen molar-refractivity contribution in [3.05, 3.63) is 57.6 Å². The number of anilines is 1. The third kappa shape index (κ3) is 3.04. The zero-order chi connectivity index (χ0) is 15.6. The Kier molecular flexibility index (Phi) is 3.93. The molecule has 0 atom stereocenters. The Balaban J connectivity index is 1.42. The number of hydrogen-bond donors (Lipinski definition) is 1. The van der Waals surface area contributed by atoms with Gasteiger partial charge in [-0.05, 0) is 29.1 Å². The van der Waals surface area contributed by atoms with Crippen LogP contribution in [0.2, 0.25) is 0 Å². The molecule has 0 unspecified atom stereocenters. The van der Waals surface area contributed by atoms with Crippen LogP contribution >= 0.6 is 23.1 Å². The van der Waals surface area contributed by atoms with Gasteiger partial charge in [0.1, 0.15) is 0 Å². The highest BCUT2D eigenvalue weighted by molar-refractivity contribution is 8.16. The van der Waals surface area contributed by atoms with E-state index in [0.29, 0.717) is 6.42 Å². The third-order valence-corrected chi connectivity index (χ3v) is 5.53. The lowest BCUT2D eigenvalue weighted by molar-refractivity contribution is -0.115. The summed E-state index contributed by atoms with van der Waals surface area (Å²) in [6, 6.07) is 12.0. The molecule has 4 rings (SSSR count). The first-order chi connectivity index (χ1) is 11.3. The molecule has 0 saturated heterocycles. The second kappa shape index (κ2) is 6.22. The number of benzene rings is 1. The van der Waals surface area contributed by atoms with E-state index in [1.54, 1.807) is 23.1 Å². The van der Waals surface area contributed by atoms with Crippen LogP contribution in [0.4, 0.5) is 5.69 Å². The van der Waals surface area contributed by atoms with Crippen LogP contribution in [0, 0.1) is 0 Å². The van der Waals surface area contributed by atoms with Crippen LogP contribution in [-0.2, 0) is 11.2 Å². The Labute approximate surface area is 142 Å². The van der Waals surface area contributed by atoms with Crippen LogP contribution in [0.5, 0.6) is 0 Å². The molecular formula is C17H15N3OS2. The van der Waals surface area contributed by atoms with E-state index in [-0.39, 0.29) is 5.91 Å². The van der Waals surface area contributed by atoms with E-state index in [2.05, 4.69) is 32.7 Å². The topological polar surface area (TPSA) is 44.7 Å². The highest BCUT2D eigenvalue weighted by atomic mass is 32.2. The van der Waals surface area contributed by atoms with Crippen molar-refractivity contribution in [3.8, 4) is 0 Å². The number of carbonyl (C=O) groups is 1. The van der Waals surface area contributed by atoms with Gasteiger partial charge in [-0.15, -0.1) is 11.3 Å². The molecule has 2 aromatic rings. The first kappa shape index (κ1) is 14.5. The minimum atomic E-state index is 0.0183. The molecule has 0 aliphatic carbocycles. The van der Waals surface area contributed by atoms with Crippen LogP contribution in [0.25, 0.3) is 5.70 Å². The van der Waals surface area contributed by atoms with Crippen molar-refractivity contribution in [1.82, 2.24) is 4.90 Å². The normalized spacial score (nSPS) is 16.1. The highest BCUT2D eigenvalue weighted by Crippen LogP contribution is 2.35. The van der Waals surface area contributed by atoms with E-state index in [4.69, 9.17) is 0 Å². The van der Waals surface area contributed by atoms with E-state index in [1.165, 1.54) is 5.70 Å². The minimum Gasteiger partial charge on any atom is -0.326 e. The fourth-order valence-corrected chi connectivity index (χ4v) is 4.31. The predicted octanol–water partition coefficient (Wildman–Crippen LogP) is 3.65. The number of aliphatic imine (C=N–C) groups is 1. The van der Waals surface area contributed by atoms with Crippen LogP contribution in [0.3, 0.4) is 0 Å². The predicted molar refractivity (Wildman–Crippen MR) is 97.7 cm³/mol. The van der Waals surface area contributed by atoms with E-state index in [1.807, 2.05) is 29.6 Å². The van der Waals surface area contributed by atoms with Gasteiger partial charge < -0.3 is 10.2 Å². The SMILES string of the molecule is O=C(Cc1cccs1)Nc1ccc(C2=CSC3=NCCN23)cc1. The fraction of sp³-hybridized carbons (Fsp3) is 0.176. The maximum atomic E-state index is 12.0. The van der Waals surface area contributed by atoms with Crippen molar-refractivity contribution >= 4 is 45.6 Å². The monoisotopic (exact) mass is 341 g/mol. The quantitative estimate of drug-likeness (QED) is 0.923. The summed E-state index contributed by atoms with van der Waals surface area (Å²) in [6.45, 7) is 1.82. The molecular weight excluding hydrogens is 326 g/mol. The first-order valence-electron chi connectivity index (χ1n) is 7.41. The molecule has 3 heterocycles. The summed E-state index contributed by atoms with van der Waals surface area (Å²) < 4.78 is 0. The summed E-state index contributed by atoms with van der Waals surface area (Å²) in [4.78, 5) is 19.8. The highest BCUT2D eigenvalue weighted by Gasteiger charge is 2.26. The lowest BCUT2D eigenvalue weighted by Crippen LogP contribution is -2.19. The number of fused-ring (bicyclic) bond motifs is 1. The van der Waals surface area contributed by atoms with Crippen LogP contribution in [0.15, 0.2) is 52.2 Å². The van der Waals surface area contributed by atoms with Gasteiger partial charge in [0.15, 0.2) is 5.17 Å². The molecule has 0 spiro atoms. The lowest BCUT2D eigenvalue weighted by atomic mass is 10.1. The van der Waals surface area contributed by atoms with Gasteiger partial charge in [0.2, 0.25) is 5.91 Å². The minimum absolute atomic E-state index is 0.0183. The van der Waals surface area contributed by atoms with E-state index in [9.17, 15) is 4.79 Å². The molecule has 1 amide bonds. The van der Waals surface area contributed by atoms with E-state index in [0.717, 1.165) is 34.4 Å². The molecule has 2 aliphatic rings. The van der Waals surface area contributed by atoms with Gasteiger partial charge >= 0.3 is 0 Å². The Morgan fingerprint density at radius 3 is 2.91 bits per heavy atom. The standard InChI is InChI=1S/C17H15N3OS2/c21-16(10-14-2-1-9-22-14)19-13-5-3-12(4-6-13)15-11-23-17-18-7-8-20(15)17/h1-6,9,11H,7-8,10H2,(H,19,21). The second-order valence-electron chi connectivity index (χ2n) is 5.32. The van der Waals surface area contributed by atoms with Crippen molar-refractivity contribution in [2.75, 3.05) is 18.4 Å². The third-order valence-electron chi connectivity index (χ3n) is 3.75. The van der Waals surface area contributed by atoms with Gasteiger partial charge in [-0.25, -0.2) is 0 Å². The van der Waals surface area contributed by atoms with Crippen molar-refractivity contribution in [2.45, 2.75) is 6.42 Å². The molecule has 4 nitrogen and oxygen atoms in total. The Hall–Kier alpha value is -2.05. The molecule has 0 bridgehead atoms. The number of thioether (sulfide) groups is 1. The molecule has 0 fully saturated rings. The van der Waals surface area contributed by atoms with E-state index >= 15 is 0 Å². The average molecular weight is 341 g/mol. The number of hydrogen-bond acceptors (Lipinski definition) is 5. The zero-order valence-corrected chi connectivity index (χ0v) is 14.0. The number of amides is 1. The summed E-state index contributed by atoms with van der Waals surface area (Å²) in [6.07, 6.45) is 0.425. The molecule has 116 valence electrons. The largest absolute Gasteiger partial charge is 0.326 e. The summed E-state index contributed by atoms with van der Waals surface area (Å²) in [5.41, 5.74) is 3.18. The van der Waals surface area contributed by atoms with Crippen LogP contribution in [0.1, 0.15) is 10.4 Å². The molecule has 1 aromatic heterocycles. The molecule has 2 aliphatic heterocycles. The lowest BCUT2D eigenvalue weighted by Gasteiger charge is -2.16. The number of carbonyl (C=O) groups excluding carboxylic acids is 1. The number of nitrogens with zero attached hydrogens (tertiary/aromatic N) is 2. The maximum Gasteiger partial charge on any atom is 0.229 e. The van der Waals surface area contributed by atoms with Gasteiger partial charge in [-0.1, -0.05) is 30.0 Å². The maximum absolute atomic E-state index is 12.0. The van der Waals surface area contributed by atoms with Crippen molar-refractivity contribution < 1.29 is 4.79 Å². The van der Waals surface area contributed by atoms with Crippen LogP contribution in [-0.4, -0.2) is 29.1 Å². The smallest absolute Gasteiger partial charge is 0.229 e. The molecule has 1 N–H and O–H groups in total. The summed E-state index contributed by atoms with van der Waals surface area (Å²) in [5.74, 6) is 0.0183. The summed E-state index contributed by atoms with van der Waals surface area (Å²) in [7, 11) is 0. The van der Waals surface area contributed by atoms with Gasteiger partial charge in [0.25, 0.3) is 0 Å². The summed E-state index contributed by atoms with van der Waals surface area (Å²) >= 11 is 3.28. The number of amidine groups is 1. The number of thiophene rings is 1. The van der Waals surface area contributed by atoms with Gasteiger partial charge in [-0.2, -0.15) is 0 Å². The Morgan fingerprint density at radius 1 is 1.26 bits per heavy atom. The molecule has 23 heavy (non-hydrogen) atoms. The fourth-order valence-electron chi connectivity index (χ4n) is 2.65. The molecule has 6 heteroatoms.